The van der Waals surface area contributed by atoms with Gasteiger partial charge in [0.1, 0.15) is 0 Å². The highest BCUT2D eigenvalue weighted by atomic mass is 16.2. The second-order valence-corrected chi connectivity index (χ2v) is 7.84. The van der Waals surface area contributed by atoms with Crippen molar-refractivity contribution in [3.63, 3.8) is 0 Å². The maximum Gasteiger partial charge on any atom is 0.225 e. The number of carbonyl (C=O) groups excluding carboxylic acids is 1. The van der Waals surface area contributed by atoms with Gasteiger partial charge >= 0.3 is 0 Å². The molecule has 3 rings (SSSR count). The largest absolute Gasteiger partial charge is 0.342 e. The summed E-state index contributed by atoms with van der Waals surface area (Å²) in [7, 11) is 0. The predicted molar refractivity (Wildman–Crippen MR) is 89.7 cm³/mol. The molecular formula is C18H33N3O. The maximum absolute atomic E-state index is 12.7. The van der Waals surface area contributed by atoms with Crippen molar-refractivity contribution < 1.29 is 4.79 Å². The van der Waals surface area contributed by atoms with Crippen LogP contribution in [0.25, 0.3) is 0 Å². The van der Waals surface area contributed by atoms with Gasteiger partial charge in [-0.3, -0.25) is 4.79 Å². The van der Waals surface area contributed by atoms with E-state index < -0.39 is 0 Å². The number of carbonyl (C=O) groups is 1. The second-order valence-electron chi connectivity index (χ2n) is 7.84. The first kappa shape index (κ1) is 16.3. The summed E-state index contributed by atoms with van der Waals surface area (Å²) < 4.78 is 0. The molecule has 0 aromatic rings. The van der Waals surface area contributed by atoms with Gasteiger partial charge in [-0.2, -0.15) is 0 Å². The van der Waals surface area contributed by atoms with E-state index in [1.165, 1.54) is 45.2 Å². The van der Waals surface area contributed by atoms with Crippen LogP contribution in [0.2, 0.25) is 0 Å². The molecule has 0 aliphatic carbocycles. The molecule has 1 N–H and O–H groups in total. The highest BCUT2D eigenvalue weighted by Gasteiger charge is 2.34. The first-order chi connectivity index (χ1) is 10.6. The number of rotatable bonds is 4. The third-order valence-corrected chi connectivity index (χ3v) is 6.17. The molecule has 4 heteroatoms. The SMILES string of the molecule is CC(C(=O)N1CCCC(CN2CCCCC2C)C1)C1CNC1. The van der Waals surface area contributed by atoms with Gasteiger partial charge in [0.15, 0.2) is 0 Å². The molecule has 0 aromatic heterocycles. The Morgan fingerprint density at radius 1 is 1.18 bits per heavy atom. The molecule has 22 heavy (non-hydrogen) atoms. The molecule has 0 saturated carbocycles. The van der Waals surface area contributed by atoms with Gasteiger partial charge in [-0.25, -0.2) is 0 Å². The zero-order chi connectivity index (χ0) is 15.5. The van der Waals surface area contributed by atoms with Crippen molar-refractivity contribution in [2.24, 2.45) is 17.8 Å². The van der Waals surface area contributed by atoms with Crippen LogP contribution < -0.4 is 5.32 Å². The van der Waals surface area contributed by atoms with Gasteiger partial charge in [0, 0.05) is 31.6 Å². The van der Waals surface area contributed by atoms with E-state index in [1.54, 1.807) is 0 Å². The number of nitrogens with zero attached hydrogens (tertiary/aromatic N) is 2. The topological polar surface area (TPSA) is 35.6 Å². The average Bonchev–Trinajstić information content (AvgIpc) is 2.47. The molecule has 3 unspecified atom stereocenters. The van der Waals surface area contributed by atoms with Gasteiger partial charge in [-0.15, -0.1) is 0 Å². The summed E-state index contributed by atoms with van der Waals surface area (Å²) in [6, 6.07) is 0.736. The molecule has 3 fully saturated rings. The molecule has 3 saturated heterocycles. The number of likely N-dealkylation sites (tertiary alicyclic amines) is 2. The van der Waals surface area contributed by atoms with Crippen molar-refractivity contribution in [3.8, 4) is 0 Å². The van der Waals surface area contributed by atoms with Crippen LogP contribution in [0, 0.1) is 17.8 Å². The van der Waals surface area contributed by atoms with Gasteiger partial charge in [-0.05, 0) is 64.1 Å². The van der Waals surface area contributed by atoms with Gasteiger partial charge in [0.2, 0.25) is 5.91 Å². The van der Waals surface area contributed by atoms with Crippen LogP contribution in [0.3, 0.4) is 0 Å². The fraction of sp³-hybridized carbons (Fsp3) is 0.944. The molecule has 126 valence electrons. The van der Waals surface area contributed by atoms with Crippen molar-refractivity contribution in [2.45, 2.75) is 52.0 Å². The Morgan fingerprint density at radius 3 is 2.68 bits per heavy atom. The van der Waals surface area contributed by atoms with Crippen molar-refractivity contribution in [1.82, 2.24) is 15.1 Å². The molecule has 3 heterocycles. The van der Waals surface area contributed by atoms with E-state index in [4.69, 9.17) is 0 Å². The lowest BCUT2D eigenvalue weighted by molar-refractivity contribution is -0.139. The number of hydrogen-bond acceptors (Lipinski definition) is 3. The Kier molecular flexibility index (Phi) is 5.40. The number of amides is 1. The Labute approximate surface area is 135 Å². The van der Waals surface area contributed by atoms with E-state index in [9.17, 15) is 4.79 Å². The monoisotopic (exact) mass is 307 g/mol. The molecular weight excluding hydrogens is 274 g/mol. The molecule has 4 nitrogen and oxygen atoms in total. The Bertz CT molecular complexity index is 383. The van der Waals surface area contributed by atoms with E-state index in [0.29, 0.717) is 17.7 Å². The van der Waals surface area contributed by atoms with Gasteiger partial charge < -0.3 is 15.1 Å². The summed E-state index contributed by atoms with van der Waals surface area (Å²) in [6.07, 6.45) is 6.58. The molecule has 3 aliphatic rings. The maximum atomic E-state index is 12.7. The molecule has 3 aliphatic heterocycles. The molecule has 0 radical (unpaired) electrons. The average molecular weight is 307 g/mol. The highest BCUT2D eigenvalue weighted by molar-refractivity contribution is 5.79. The number of hydrogen-bond donors (Lipinski definition) is 1. The fourth-order valence-corrected chi connectivity index (χ4v) is 4.33. The van der Waals surface area contributed by atoms with Crippen LogP contribution in [0.1, 0.15) is 46.0 Å². The first-order valence-electron chi connectivity index (χ1n) is 9.38. The van der Waals surface area contributed by atoms with Crippen molar-refractivity contribution in [2.75, 3.05) is 39.3 Å². The van der Waals surface area contributed by atoms with Crippen molar-refractivity contribution >= 4 is 5.91 Å². The van der Waals surface area contributed by atoms with E-state index >= 15 is 0 Å². The summed E-state index contributed by atoms with van der Waals surface area (Å²) in [5.74, 6) is 1.86. The minimum atomic E-state index is 0.203. The Balaban J connectivity index is 1.51. The number of piperidine rings is 2. The second kappa shape index (κ2) is 7.31. The van der Waals surface area contributed by atoms with E-state index in [2.05, 4.69) is 29.0 Å². The van der Waals surface area contributed by atoms with Crippen LogP contribution in [-0.4, -0.2) is 61.0 Å². The minimum Gasteiger partial charge on any atom is -0.342 e. The van der Waals surface area contributed by atoms with Gasteiger partial charge in [-0.1, -0.05) is 13.3 Å². The predicted octanol–water partition coefficient (Wildman–Crippen LogP) is 1.95. The van der Waals surface area contributed by atoms with Gasteiger partial charge in [0.05, 0.1) is 0 Å². The summed E-state index contributed by atoms with van der Waals surface area (Å²) >= 11 is 0. The smallest absolute Gasteiger partial charge is 0.225 e. The lowest BCUT2D eigenvalue weighted by Gasteiger charge is -2.41. The zero-order valence-electron chi connectivity index (χ0n) is 14.4. The normalized spacial score (nSPS) is 32.5. The Hall–Kier alpha value is -0.610. The van der Waals surface area contributed by atoms with Crippen LogP contribution in [0.5, 0.6) is 0 Å². The van der Waals surface area contributed by atoms with Crippen LogP contribution >= 0.6 is 0 Å². The zero-order valence-corrected chi connectivity index (χ0v) is 14.4. The van der Waals surface area contributed by atoms with E-state index in [1.807, 2.05) is 0 Å². The first-order valence-corrected chi connectivity index (χ1v) is 9.38. The van der Waals surface area contributed by atoms with E-state index in [0.717, 1.165) is 32.2 Å². The molecule has 1 amide bonds. The standard InChI is InChI=1S/C18H33N3O/c1-14-6-3-4-8-20(14)12-16-7-5-9-21(13-16)18(22)15(2)17-10-19-11-17/h14-17,19H,3-13H2,1-2H3. The van der Waals surface area contributed by atoms with Gasteiger partial charge in [0.25, 0.3) is 0 Å². The quantitative estimate of drug-likeness (QED) is 0.862. The third kappa shape index (κ3) is 3.65. The molecule has 0 bridgehead atoms. The minimum absolute atomic E-state index is 0.203. The lowest BCUT2D eigenvalue weighted by atomic mass is 9.86. The number of nitrogens with one attached hydrogen (secondary N) is 1. The molecule has 3 atom stereocenters. The Morgan fingerprint density at radius 2 is 2.00 bits per heavy atom. The molecule has 0 aromatic carbocycles. The summed E-state index contributed by atoms with van der Waals surface area (Å²) in [4.78, 5) is 17.6. The summed E-state index contributed by atoms with van der Waals surface area (Å²) in [6.45, 7) is 11.0. The van der Waals surface area contributed by atoms with Crippen molar-refractivity contribution in [1.29, 1.82) is 0 Å². The van der Waals surface area contributed by atoms with Crippen LogP contribution in [0.15, 0.2) is 0 Å². The van der Waals surface area contributed by atoms with Crippen molar-refractivity contribution in [3.05, 3.63) is 0 Å². The summed E-state index contributed by atoms with van der Waals surface area (Å²) in [5, 5.41) is 3.29. The van der Waals surface area contributed by atoms with Crippen LogP contribution in [0.4, 0.5) is 0 Å². The third-order valence-electron chi connectivity index (χ3n) is 6.17. The fourth-order valence-electron chi connectivity index (χ4n) is 4.33. The highest BCUT2D eigenvalue weighted by Crippen LogP contribution is 2.25. The molecule has 0 spiro atoms. The summed E-state index contributed by atoms with van der Waals surface area (Å²) in [5.41, 5.74) is 0. The van der Waals surface area contributed by atoms with E-state index in [-0.39, 0.29) is 5.92 Å². The van der Waals surface area contributed by atoms with Crippen LogP contribution in [-0.2, 0) is 4.79 Å². The lowest BCUT2D eigenvalue weighted by Crippen LogP contribution is -2.53.